The highest BCUT2D eigenvalue weighted by Gasteiger charge is 2.39. The minimum absolute atomic E-state index is 0.0130. The molecule has 1 fully saturated rings. The van der Waals surface area contributed by atoms with Gasteiger partial charge in [-0.3, -0.25) is 9.59 Å². The zero-order valence-electron chi connectivity index (χ0n) is 10.8. The van der Waals surface area contributed by atoms with Gasteiger partial charge in [0.25, 0.3) is 5.56 Å². The van der Waals surface area contributed by atoms with Crippen molar-refractivity contribution in [2.24, 2.45) is 0 Å². The Morgan fingerprint density at radius 1 is 1.74 bits per heavy atom. The van der Waals surface area contributed by atoms with Gasteiger partial charge < -0.3 is 14.4 Å². The van der Waals surface area contributed by atoms with Gasteiger partial charge in [-0.1, -0.05) is 11.8 Å². The second-order valence-corrected chi connectivity index (χ2v) is 5.66. The van der Waals surface area contributed by atoms with E-state index in [2.05, 4.69) is 4.98 Å². The molecule has 104 valence electrons. The molecule has 2 rings (SSSR count). The molecule has 2 atom stereocenters. The fourth-order valence-corrected chi connectivity index (χ4v) is 2.96. The molecule has 0 aromatic carbocycles. The van der Waals surface area contributed by atoms with Crippen LogP contribution in [0.2, 0.25) is 0 Å². The minimum Gasteiger partial charge on any atom is -0.481 e. The molecule has 1 aromatic rings. The van der Waals surface area contributed by atoms with Gasteiger partial charge in [0.15, 0.2) is 5.16 Å². The zero-order chi connectivity index (χ0) is 14.0. The van der Waals surface area contributed by atoms with Gasteiger partial charge in [0.2, 0.25) is 0 Å². The molecular weight excluding hydrogens is 268 g/mol. The van der Waals surface area contributed by atoms with E-state index in [4.69, 9.17) is 9.84 Å². The van der Waals surface area contributed by atoms with Gasteiger partial charge in [-0.25, -0.2) is 0 Å². The summed E-state index contributed by atoms with van der Waals surface area (Å²) in [7, 11) is 0. The number of aliphatic carboxylic acids is 1. The highest BCUT2D eigenvalue weighted by atomic mass is 32.2. The van der Waals surface area contributed by atoms with Crippen molar-refractivity contribution < 1.29 is 14.6 Å². The number of rotatable bonds is 4. The molecule has 1 saturated heterocycles. The first-order valence-electron chi connectivity index (χ1n) is 6.00. The summed E-state index contributed by atoms with van der Waals surface area (Å²) in [5, 5.41) is 9.18. The van der Waals surface area contributed by atoms with Crippen LogP contribution in [0.15, 0.2) is 22.2 Å². The van der Waals surface area contributed by atoms with Crippen molar-refractivity contribution in [3.05, 3.63) is 22.6 Å². The summed E-state index contributed by atoms with van der Waals surface area (Å²) in [5.41, 5.74) is -0.666. The molecule has 0 radical (unpaired) electrons. The van der Waals surface area contributed by atoms with Crippen LogP contribution < -0.4 is 5.56 Å². The SMILES string of the molecule is CC1OCCC1(C)n1ccc(=O)nc1SCC(=O)O. The van der Waals surface area contributed by atoms with Crippen LogP contribution in [0, 0.1) is 0 Å². The largest absolute Gasteiger partial charge is 0.481 e. The smallest absolute Gasteiger partial charge is 0.313 e. The number of nitrogens with zero attached hydrogens (tertiary/aromatic N) is 2. The van der Waals surface area contributed by atoms with E-state index in [1.165, 1.54) is 6.07 Å². The Morgan fingerprint density at radius 2 is 2.47 bits per heavy atom. The van der Waals surface area contributed by atoms with E-state index in [1.807, 2.05) is 18.4 Å². The predicted octanol–water partition coefficient (Wildman–Crippen LogP) is 0.944. The van der Waals surface area contributed by atoms with Gasteiger partial charge in [-0.05, 0) is 20.3 Å². The topological polar surface area (TPSA) is 81.4 Å². The van der Waals surface area contributed by atoms with Gasteiger partial charge in [0.05, 0.1) is 17.4 Å². The molecular formula is C12H16N2O4S. The molecule has 0 aliphatic carbocycles. The Balaban J connectivity index is 2.39. The summed E-state index contributed by atoms with van der Waals surface area (Å²) in [6, 6.07) is 1.39. The predicted molar refractivity (Wildman–Crippen MR) is 70.5 cm³/mol. The molecule has 1 N–H and O–H groups in total. The van der Waals surface area contributed by atoms with Crippen molar-refractivity contribution in [3.8, 4) is 0 Å². The molecule has 2 heterocycles. The quantitative estimate of drug-likeness (QED) is 0.654. The van der Waals surface area contributed by atoms with Crippen LogP contribution in [0.4, 0.5) is 0 Å². The van der Waals surface area contributed by atoms with Crippen LogP contribution in [-0.2, 0) is 15.1 Å². The second kappa shape index (κ2) is 5.34. The first-order valence-corrected chi connectivity index (χ1v) is 6.98. The molecule has 1 aliphatic rings. The molecule has 6 nitrogen and oxygen atoms in total. The Labute approximate surface area is 114 Å². The Hall–Kier alpha value is -1.34. The maximum absolute atomic E-state index is 11.4. The van der Waals surface area contributed by atoms with Crippen molar-refractivity contribution in [2.45, 2.75) is 37.1 Å². The minimum atomic E-state index is -0.935. The van der Waals surface area contributed by atoms with E-state index in [9.17, 15) is 9.59 Å². The maximum atomic E-state index is 11.4. The molecule has 1 aromatic heterocycles. The molecule has 2 unspecified atom stereocenters. The van der Waals surface area contributed by atoms with Gasteiger partial charge >= 0.3 is 5.97 Å². The fourth-order valence-electron chi connectivity index (χ4n) is 2.15. The third-order valence-electron chi connectivity index (χ3n) is 3.51. The summed E-state index contributed by atoms with van der Waals surface area (Å²) < 4.78 is 7.44. The lowest BCUT2D eigenvalue weighted by atomic mass is 9.94. The van der Waals surface area contributed by atoms with Gasteiger partial charge in [0.1, 0.15) is 0 Å². The lowest BCUT2D eigenvalue weighted by molar-refractivity contribution is -0.133. The molecule has 7 heteroatoms. The van der Waals surface area contributed by atoms with E-state index in [1.54, 1.807) is 6.20 Å². The standard InChI is InChI=1S/C12H16N2O4S/c1-8-12(2,4-6-18-8)14-5-3-9(15)13-11(14)19-7-10(16)17/h3,5,8H,4,6-7H2,1-2H3,(H,16,17). The average molecular weight is 284 g/mol. The normalized spacial score (nSPS) is 26.5. The highest BCUT2D eigenvalue weighted by Crippen LogP contribution is 2.35. The number of ether oxygens (including phenoxy) is 1. The number of carbonyl (C=O) groups is 1. The fraction of sp³-hybridized carbons (Fsp3) is 0.583. The van der Waals surface area contributed by atoms with Crippen molar-refractivity contribution >= 4 is 17.7 Å². The number of carboxylic acid groups (broad SMARTS) is 1. The lowest BCUT2D eigenvalue weighted by Gasteiger charge is -2.32. The molecule has 0 saturated carbocycles. The molecule has 19 heavy (non-hydrogen) atoms. The third kappa shape index (κ3) is 2.82. The van der Waals surface area contributed by atoms with Crippen molar-refractivity contribution in [2.75, 3.05) is 12.4 Å². The number of carboxylic acids is 1. The second-order valence-electron chi connectivity index (χ2n) is 4.72. The molecule has 1 aliphatic heterocycles. The van der Waals surface area contributed by atoms with Crippen LogP contribution in [0.25, 0.3) is 0 Å². The maximum Gasteiger partial charge on any atom is 0.313 e. The van der Waals surface area contributed by atoms with Crippen LogP contribution >= 0.6 is 11.8 Å². The summed E-state index contributed by atoms with van der Waals surface area (Å²) in [4.78, 5) is 26.0. The van der Waals surface area contributed by atoms with Gasteiger partial charge in [0, 0.05) is 18.9 Å². The molecule has 0 bridgehead atoms. The van der Waals surface area contributed by atoms with Crippen molar-refractivity contribution in [1.29, 1.82) is 0 Å². The van der Waals surface area contributed by atoms with Crippen LogP contribution in [-0.4, -0.2) is 39.1 Å². The lowest BCUT2D eigenvalue weighted by Crippen LogP contribution is -2.38. The van der Waals surface area contributed by atoms with Crippen molar-refractivity contribution in [1.82, 2.24) is 9.55 Å². The summed E-state index contributed by atoms with van der Waals surface area (Å²) in [6.45, 7) is 4.64. The zero-order valence-corrected chi connectivity index (χ0v) is 11.6. The average Bonchev–Trinajstić information content (AvgIpc) is 2.68. The summed E-state index contributed by atoms with van der Waals surface area (Å²) in [6.07, 6.45) is 2.46. The summed E-state index contributed by atoms with van der Waals surface area (Å²) in [5.74, 6) is -1.06. The monoisotopic (exact) mass is 284 g/mol. The number of hydrogen-bond acceptors (Lipinski definition) is 5. The first-order chi connectivity index (χ1) is 8.93. The van der Waals surface area contributed by atoms with Crippen molar-refractivity contribution in [3.63, 3.8) is 0 Å². The Bertz CT molecular complexity index is 545. The van der Waals surface area contributed by atoms with Crippen LogP contribution in [0.1, 0.15) is 20.3 Å². The summed E-state index contributed by atoms with van der Waals surface area (Å²) >= 11 is 1.05. The van der Waals surface area contributed by atoms with E-state index < -0.39 is 5.97 Å². The van der Waals surface area contributed by atoms with E-state index in [0.717, 1.165) is 18.2 Å². The van der Waals surface area contributed by atoms with Crippen LogP contribution in [0.3, 0.4) is 0 Å². The van der Waals surface area contributed by atoms with E-state index >= 15 is 0 Å². The van der Waals surface area contributed by atoms with E-state index in [0.29, 0.717) is 11.8 Å². The number of hydrogen-bond donors (Lipinski definition) is 1. The number of aromatic nitrogens is 2. The highest BCUT2D eigenvalue weighted by molar-refractivity contribution is 7.99. The Kier molecular flexibility index (Phi) is 3.96. The van der Waals surface area contributed by atoms with Gasteiger partial charge in [-0.2, -0.15) is 4.98 Å². The van der Waals surface area contributed by atoms with E-state index in [-0.39, 0.29) is 23.0 Å². The number of thioether (sulfide) groups is 1. The van der Waals surface area contributed by atoms with Crippen LogP contribution in [0.5, 0.6) is 0 Å². The van der Waals surface area contributed by atoms with Gasteiger partial charge in [-0.15, -0.1) is 0 Å². The molecule has 0 spiro atoms. The Morgan fingerprint density at radius 3 is 3.05 bits per heavy atom. The third-order valence-corrected chi connectivity index (χ3v) is 4.44. The molecule has 0 amide bonds. The first kappa shape index (κ1) is 14.1.